The van der Waals surface area contributed by atoms with Gasteiger partial charge >= 0.3 is 7.12 Å². The largest absolute Gasteiger partial charge is 0.494 e. The average molecular weight is 1870 g/mol. The maximum Gasteiger partial charge on any atom is 0.494 e. The van der Waals surface area contributed by atoms with Crippen LogP contribution in [0.3, 0.4) is 0 Å². The quantitative estimate of drug-likeness (QED) is 0.148. The third kappa shape index (κ3) is 11.0. The molecule has 2 nitrogen and oxygen atoms in total. The molecule has 8 aliphatic carbocycles. The zero-order chi connectivity index (χ0) is 90.8. The van der Waals surface area contributed by atoms with Crippen LogP contribution in [0.5, 0.6) is 0 Å². The summed E-state index contributed by atoms with van der Waals surface area (Å²) in [5, 5.41) is 0. The van der Waals surface area contributed by atoms with Crippen molar-refractivity contribution >= 4 is 44.4 Å². The minimum atomic E-state index is -0.536. The zero-order valence-corrected chi connectivity index (χ0v) is 78.8. The highest BCUT2D eigenvalue weighted by molar-refractivity contribution is 9.10. The highest BCUT2D eigenvalue weighted by Gasteiger charge is 2.58. The van der Waals surface area contributed by atoms with Gasteiger partial charge in [-0.25, -0.2) is 0 Å². The summed E-state index contributed by atoms with van der Waals surface area (Å²) < 4.78 is 15.1. The number of rotatable bonds is 7. The summed E-state index contributed by atoms with van der Waals surface area (Å²) >= 11 is 7.19. The maximum atomic E-state index is 6.45. The van der Waals surface area contributed by atoms with Gasteiger partial charge < -0.3 is 9.31 Å². The first-order valence-corrected chi connectivity index (χ1v) is 49.1. The van der Waals surface area contributed by atoms with E-state index in [1.165, 1.54) is 223 Å². The molecule has 5 heteroatoms. The lowest BCUT2D eigenvalue weighted by Crippen LogP contribution is -2.41. The Morgan fingerprint density at radius 2 is 0.331 bits per heavy atom. The van der Waals surface area contributed by atoms with Gasteiger partial charge in [0.1, 0.15) is 0 Å². The molecule has 1 saturated heterocycles. The minimum absolute atomic E-state index is 0.311. The van der Waals surface area contributed by atoms with Gasteiger partial charge in [0.05, 0.1) is 38.3 Å². The Balaban J connectivity index is 0.000000125. The molecule has 0 saturated carbocycles. The molecule has 1 fully saturated rings. The highest BCUT2D eigenvalue weighted by Crippen LogP contribution is 2.68. The van der Waals surface area contributed by atoms with Crippen LogP contribution in [0.25, 0.3) is 111 Å². The summed E-state index contributed by atoms with van der Waals surface area (Å²) in [7, 11) is -0.386. The number of hydrogen-bond acceptors (Lipinski definition) is 2. The van der Waals surface area contributed by atoms with Crippen molar-refractivity contribution in [3.05, 3.63) is 587 Å². The molecule has 29 rings (SSSR count). The number of halogens is 2. The van der Waals surface area contributed by atoms with E-state index in [0.717, 1.165) is 14.4 Å². The Labute approximate surface area is 811 Å². The first-order chi connectivity index (χ1) is 66.7. The van der Waals surface area contributed by atoms with Crippen LogP contribution in [0.2, 0.25) is 0 Å². The smallest absolute Gasteiger partial charge is 0.399 e. The molecule has 20 aromatic rings. The summed E-state index contributed by atoms with van der Waals surface area (Å²) in [6.07, 6.45) is 0. The second-order valence-corrected chi connectivity index (χ2v) is 40.8. The van der Waals surface area contributed by atoms with Gasteiger partial charge in [-0.15, -0.1) is 0 Å². The maximum absolute atomic E-state index is 6.45. The van der Waals surface area contributed by atoms with E-state index < -0.39 is 5.41 Å². The Hall–Kier alpha value is -14.7. The van der Waals surface area contributed by atoms with Crippen LogP contribution in [0.1, 0.15) is 139 Å². The summed E-state index contributed by atoms with van der Waals surface area (Å²) in [6.45, 7) is 8.45. The molecular formula is C131H89BBr2O2. The molecule has 1 aliphatic heterocycles. The van der Waals surface area contributed by atoms with Crippen molar-refractivity contribution < 1.29 is 9.31 Å². The van der Waals surface area contributed by atoms with Gasteiger partial charge in [0.15, 0.2) is 0 Å². The van der Waals surface area contributed by atoms with E-state index in [4.69, 9.17) is 9.31 Å². The second-order valence-electron chi connectivity index (χ2n) is 38.9. The fourth-order valence-corrected chi connectivity index (χ4v) is 26.6. The van der Waals surface area contributed by atoms with Crippen molar-refractivity contribution in [1.82, 2.24) is 0 Å². The normalized spacial score (nSPS) is 15.9. The standard InChI is InChI=1S/C75H46.C31H27BO2.C25H16Br2/c1-9-25-63-53(17-1)54-18-2-10-26-64(54)73(63,51-39-33-47(34-40-51)49-37-43-61-59-23-7-15-31-69(59)74(71(61)45-49)65-27-11-3-19-55(65)56-20-4-12-28-66(56)74)52-41-35-48(36-42-52)50-38-44-62-60-24-8-16-32-70(60)75(72(62)46-50)67-29-13-5-21-57(67)58-22-6-14-30-68(58)75;1-29(2)30(3,4)34-32(33-29)20-17-18-24-23-13-7-10-16-27(23)31(28(24)19-20)25-14-8-5-11-21(25)22-12-6-9-15-26(22)31;26-19-13-9-17(10-14-19)25(18-11-15-20(27)16-12-18)23-7-3-1-5-21(23)22-6-2-4-8-24(22)25/h1-46H;5-19H,1-4H3;1-16H. The average Bonchev–Trinajstić information content (AvgIpc) is 1.49. The lowest BCUT2D eigenvalue weighted by atomic mass is 9.67. The molecule has 0 N–H and O–H groups in total. The number of fused-ring (bicyclic) bond motifs is 36. The third-order valence-electron chi connectivity index (χ3n) is 32.3. The SMILES string of the molecule is Brc1ccc(C2(c3ccc(Br)cc3)c3ccccc3-c3ccccc32)cc1.CC1(C)OB(c2ccc3c(c2)C2(c4ccccc4-c4ccccc42)c2ccccc2-3)OC1(C)C.c1ccc2c(c1)-c1ccccc1C2(c1ccc(-c2ccc3c(c2)C2(c4ccccc4-c4ccccc42)c2ccccc2-3)cc1)c1ccc(-c2ccc3c(c2)C2(c4ccccc4-c4ccccc42)c2ccccc2-3)cc1. The van der Waals surface area contributed by atoms with Gasteiger partial charge in [-0.3, -0.25) is 0 Å². The highest BCUT2D eigenvalue weighted by atomic mass is 79.9. The van der Waals surface area contributed by atoms with Crippen molar-refractivity contribution in [3.63, 3.8) is 0 Å². The van der Waals surface area contributed by atoms with Crippen molar-refractivity contribution in [2.45, 2.75) is 66.0 Å². The Morgan fingerprint density at radius 3 is 0.551 bits per heavy atom. The monoisotopic (exact) mass is 1860 g/mol. The summed E-state index contributed by atoms with van der Waals surface area (Å²) in [6, 6.07) is 175. The van der Waals surface area contributed by atoms with E-state index >= 15 is 0 Å². The zero-order valence-electron chi connectivity index (χ0n) is 75.6. The third-order valence-corrected chi connectivity index (χ3v) is 33.4. The van der Waals surface area contributed by atoms with E-state index in [1.54, 1.807) is 0 Å². The van der Waals surface area contributed by atoms with Crippen LogP contribution in [-0.2, 0) is 36.4 Å². The van der Waals surface area contributed by atoms with Gasteiger partial charge in [-0.05, 0) is 292 Å². The molecule has 20 aromatic carbocycles. The summed E-state index contributed by atoms with van der Waals surface area (Å²) in [5.41, 5.74) is 51.0. The molecule has 0 amide bonds. The molecule has 0 aromatic heterocycles. The van der Waals surface area contributed by atoms with E-state index in [9.17, 15) is 0 Å². The lowest BCUT2D eigenvalue weighted by molar-refractivity contribution is 0.00578. The van der Waals surface area contributed by atoms with Gasteiger partial charge in [0.25, 0.3) is 0 Å². The first kappa shape index (κ1) is 80.9. The Bertz CT molecular complexity index is 7820. The molecular weight excluding hydrogens is 1780 g/mol. The van der Waals surface area contributed by atoms with Crippen LogP contribution in [0.4, 0.5) is 0 Å². The second kappa shape index (κ2) is 30.2. The van der Waals surface area contributed by atoms with Crippen LogP contribution in [0.15, 0.2) is 476 Å². The van der Waals surface area contributed by atoms with E-state index in [1.807, 2.05) is 0 Å². The number of hydrogen-bond donors (Lipinski definition) is 0. The van der Waals surface area contributed by atoms with Crippen LogP contribution in [-0.4, -0.2) is 18.3 Å². The molecule has 0 unspecified atom stereocenters. The molecule has 0 bridgehead atoms. The molecule has 0 radical (unpaired) electrons. The van der Waals surface area contributed by atoms with Gasteiger partial charge in [-0.1, -0.05) is 463 Å². The van der Waals surface area contributed by atoms with Crippen molar-refractivity contribution in [3.8, 4) is 111 Å². The first-order valence-electron chi connectivity index (χ1n) is 47.6. The number of benzene rings is 20. The van der Waals surface area contributed by atoms with Crippen molar-refractivity contribution in [1.29, 1.82) is 0 Å². The van der Waals surface area contributed by atoms with Crippen LogP contribution >= 0.6 is 31.9 Å². The summed E-state index contributed by atoms with van der Waals surface area (Å²) in [4.78, 5) is 0. The van der Waals surface area contributed by atoms with E-state index in [0.29, 0.717) is 0 Å². The Kier molecular flexibility index (Phi) is 18.0. The molecule has 9 aliphatic rings. The minimum Gasteiger partial charge on any atom is -0.399 e. The molecule has 3 spiro atoms. The van der Waals surface area contributed by atoms with Gasteiger partial charge in [0.2, 0.25) is 0 Å². The lowest BCUT2D eigenvalue weighted by Gasteiger charge is -2.34. The summed E-state index contributed by atoms with van der Waals surface area (Å²) in [5.74, 6) is 0. The van der Waals surface area contributed by atoms with Crippen molar-refractivity contribution in [2.24, 2.45) is 0 Å². The molecule has 1 heterocycles. The molecule has 0 atom stereocenters. The van der Waals surface area contributed by atoms with Crippen LogP contribution < -0.4 is 5.46 Å². The molecule has 136 heavy (non-hydrogen) atoms. The van der Waals surface area contributed by atoms with Gasteiger partial charge in [0, 0.05) is 8.95 Å². The fraction of sp³-hybridized carbons (Fsp3) is 0.0840. The van der Waals surface area contributed by atoms with E-state index in [2.05, 4.69) is 527 Å². The molecule has 642 valence electrons. The van der Waals surface area contributed by atoms with E-state index in [-0.39, 0.29) is 40.0 Å². The van der Waals surface area contributed by atoms with Gasteiger partial charge in [-0.2, -0.15) is 0 Å². The van der Waals surface area contributed by atoms with Crippen LogP contribution in [0, 0.1) is 0 Å². The predicted molar refractivity (Wildman–Crippen MR) is 565 cm³/mol. The van der Waals surface area contributed by atoms with Crippen molar-refractivity contribution in [2.75, 3.05) is 0 Å². The topological polar surface area (TPSA) is 18.5 Å². The Morgan fingerprint density at radius 1 is 0.162 bits per heavy atom. The predicted octanol–water partition coefficient (Wildman–Crippen LogP) is 32.0. The fourth-order valence-electron chi connectivity index (χ4n) is 26.1.